The van der Waals surface area contributed by atoms with E-state index in [9.17, 15) is 22.8 Å². The number of benzene rings is 1. The monoisotopic (exact) mass is 316 g/mol. The van der Waals surface area contributed by atoms with Gasteiger partial charge in [0.2, 0.25) is 0 Å². The fraction of sp³-hybridized carbons (Fsp3) is 0.467. The van der Waals surface area contributed by atoms with Crippen molar-refractivity contribution in [3.05, 3.63) is 29.8 Å². The Balaban J connectivity index is 2.81. The molecule has 0 saturated heterocycles. The highest BCUT2D eigenvalue weighted by Crippen LogP contribution is 2.30. The first kappa shape index (κ1) is 18.0. The summed E-state index contributed by atoms with van der Waals surface area (Å²) < 4.78 is 37.8. The average molecular weight is 316 g/mol. The molecule has 0 aromatic heterocycles. The van der Waals surface area contributed by atoms with Crippen molar-refractivity contribution in [3.8, 4) is 0 Å². The number of carbonyl (C=O) groups is 2. The smallest absolute Gasteiger partial charge is 0.334 e. The topological polar surface area (TPSA) is 49.4 Å². The number of amides is 2. The molecule has 1 N–H and O–H groups in total. The first-order chi connectivity index (χ1) is 10.3. The van der Waals surface area contributed by atoms with Crippen LogP contribution in [0.2, 0.25) is 0 Å². The normalized spacial score (nSPS) is 11.1. The summed E-state index contributed by atoms with van der Waals surface area (Å²) in [5.74, 6) is -1.66. The highest BCUT2D eigenvalue weighted by atomic mass is 19.4. The number of alkyl halides is 3. The number of nitrogens with zero attached hydrogens (tertiary/aromatic N) is 1. The van der Waals surface area contributed by atoms with Crippen LogP contribution in [0.5, 0.6) is 0 Å². The molecule has 7 heteroatoms. The molecule has 2 amide bonds. The summed E-state index contributed by atoms with van der Waals surface area (Å²) in [5, 5.41) is 2.22. The molecule has 1 aromatic rings. The van der Waals surface area contributed by atoms with Gasteiger partial charge in [-0.25, -0.2) is 0 Å². The minimum absolute atomic E-state index is 0.0545. The molecule has 0 spiro atoms. The van der Waals surface area contributed by atoms with E-state index in [-0.39, 0.29) is 5.69 Å². The van der Waals surface area contributed by atoms with Crippen LogP contribution in [0.15, 0.2) is 24.3 Å². The molecule has 0 aliphatic carbocycles. The molecule has 0 atom stereocenters. The van der Waals surface area contributed by atoms with Crippen LogP contribution < -0.4 is 5.32 Å². The van der Waals surface area contributed by atoms with Gasteiger partial charge in [0.05, 0.1) is 5.56 Å². The fourth-order valence-electron chi connectivity index (χ4n) is 1.96. The zero-order chi connectivity index (χ0) is 16.8. The third-order valence-electron chi connectivity index (χ3n) is 2.92. The Morgan fingerprint density at radius 2 is 1.73 bits per heavy atom. The number of halogens is 3. The van der Waals surface area contributed by atoms with Gasteiger partial charge in [-0.05, 0) is 31.0 Å². The Bertz CT molecular complexity index is 524. The molecule has 0 fully saturated rings. The van der Waals surface area contributed by atoms with Crippen molar-refractivity contribution in [2.24, 2.45) is 0 Å². The third kappa shape index (κ3) is 5.05. The van der Waals surface area contributed by atoms with Gasteiger partial charge < -0.3 is 10.2 Å². The van der Waals surface area contributed by atoms with E-state index in [1.807, 2.05) is 13.8 Å². The van der Waals surface area contributed by atoms with Gasteiger partial charge in [0.15, 0.2) is 0 Å². The lowest BCUT2D eigenvalue weighted by molar-refractivity contribution is -0.143. The quantitative estimate of drug-likeness (QED) is 0.847. The molecule has 122 valence electrons. The van der Waals surface area contributed by atoms with E-state index in [0.29, 0.717) is 25.9 Å². The maximum Gasteiger partial charge on any atom is 0.416 e. The minimum atomic E-state index is -4.50. The van der Waals surface area contributed by atoms with Crippen LogP contribution in [-0.2, 0) is 15.8 Å². The minimum Gasteiger partial charge on any atom is -0.334 e. The molecule has 0 unspecified atom stereocenters. The molecule has 1 aromatic carbocycles. The summed E-state index contributed by atoms with van der Waals surface area (Å²) in [6.45, 7) is 4.62. The molecular formula is C15H19F3N2O2. The molecule has 1 rings (SSSR count). The molecule has 0 radical (unpaired) electrons. The van der Waals surface area contributed by atoms with Crippen LogP contribution in [-0.4, -0.2) is 29.8 Å². The predicted molar refractivity (Wildman–Crippen MR) is 77.2 cm³/mol. The van der Waals surface area contributed by atoms with Gasteiger partial charge in [-0.1, -0.05) is 19.9 Å². The fourth-order valence-corrected chi connectivity index (χ4v) is 1.96. The molecular weight excluding hydrogens is 297 g/mol. The Labute approximate surface area is 127 Å². The SMILES string of the molecule is CCCN(CCC)C(=O)C(=O)Nc1cccc(C(F)(F)F)c1. The van der Waals surface area contributed by atoms with Crippen LogP contribution in [0.1, 0.15) is 32.3 Å². The third-order valence-corrected chi connectivity index (χ3v) is 2.92. The van der Waals surface area contributed by atoms with Crippen molar-refractivity contribution in [1.29, 1.82) is 0 Å². The second-order valence-electron chi connectivity index (χ2n) is 4.82. The van der Waals surface area contributed by atoms with Crippen LogP contribution in [0.3, 0.4) is 0 Å². The molecule has 0 aliphatic rings. The van der Waals surface area contributed by atoms with E-state index in [2.05, 4.69) is 5.32 Å². The number of hydrogen-bond donors (Lipinski definition) is 1. The molecule has 0 bridgehead atoms. The summed E-state index contributed by atoms with van der Waals surface area (Å²) in [6.07, 6.45) is -3.10. The van der Waals surface area contributed by atoms with Crippen LogP contribution in [0, 0.1) is 0 Å². The van der Waals surface area contributed by atoms with Gasteiger partial charge in [0.25, 0.3) is 0 Å². The summed E-state index contributed by atoms with van der Waals surface area (Å²) in [7, 11) is 0. The Morgan fingerprint density at radius 1 is 1.14 bits per heavy atom. The Morgan fingerprint density at radius 3 is 2.23 bits per heavy atom. The molecule has 4 nitrogen and oxygen atoms in total. The van der Waals surface area contributed by atoms with Gasteiger partial charge in [-0.15, -0.1) is 0 Å². The van der Waals surface area contributed by atoms with E-state index >= 15 is 0 Å². The summed E-state index contributed by atoms with van der Waals surface area (Å²) in [5.41, 5.74) is -0.933. The van der Waals surface area contributed by atoms with Crippen molar-refractivity contribution in [3.63, 3.8) is 0 Å². The Kier molecular flexibility index (Phi) is 6.39. The molecule has 0 heterocycles. The number of rotatable bonds is 5. The maximum absolute atomic E-state index is 12.6. The van der Waals surface area contributed by atoms with Gasteiger partial charge in [-0.3, -0.25) is 9.59 Å². The number of carbonyl (C=O) groups excluding carboxylic acids is 2. The van der Waals surface area contributed by atoms with Crippen molar-refractivity contribution in [2.45, 2.75) is 32.9 Å². The summed E-state index contributed by atoms with van der Waals surface area (Å²) in [6, 6.07) is 4.19. The lowest BCUT2D eigenvalue weighted by Crippen LogP contribution is -2.40. The molecule has 0 saturated carbocycles. The van der Waals surface area contributed by atoms with Gasteiger partial charge >= 0.3 is 18.0 Å². The van der Waals surface area contributed by atoms with Gasteiger partial charge in [0, 0.05) is 18.8 Å². The highest BCUT2D eigenvalue weighted by Gasteiger charge is 2.30. The lowest BCUT2D eigenvalue weighted by atomic mass is 10.2. The largest absolute Gasteiger partial charge is 0.416 e. The lowest BCUT2D eigenvalue weighted by Gasteiger charge is -2.20. The standard InChI is InChI=1S/C15H19F3N2O2/c1-3-8-20(9-4-2)14(22)13(21)19-12-7-5-6-11(10-12)15(16,17)18/h5-7,10H,3-4,8-9H2,1-2H3,(H,19,21). The maximum atomic E-state index is 12.6. The van der Waals surface area contributed by atoms with Gasteiger partial charge in [0.1, 0.15) is 0 Å². The zero-order valence-electron chi connectivity index (χ0n) is 12.5. The van der Waals surface area contributed by atoms with Crippen LogP contribution in [0.25, 0.3) is 0 Å². The van der Waals surface area contributed by atoms with Crippen LogP contribution in [0.4, 0.5) is 18.9 Å². The number of hydrogen-bond acceptors (Lipinski definition) is 2. The van der Waals surface area contributed by atoms with E-state index in [0.717, 1.165) is 12.1 Å². The molecule has 22 heavy (non-hydrogen) atoms. The first-order valence-corrected chi connectivity index (χ1v) is 7.07. The first-order valence-electron chi connectivity index (χ1n) is 7.07. The zero-order valence-corrected chi connectivity index (χ0v) is 12.5. The summed E-state index contributed by atoms with van der Waals surface area (Å²) in [4.78, 5) is 25.3. The van der Waals surface area contributed by atoms with Crippen molar-refractivity contribution in [2.75, 3.05) is 18.4 Å². The van der Waals surface area contributed by atoms with E-state index < -0.39 is 23.6 Å². The van der Waals surface area contributed by atoms with Crippen LogP contribution >= 0.6 is 0 Å². The molecule has 0 aliphatic heterocycles. The summed E-state index contributed by atoms with van der Waals surface area (Å²) >= 11 is 0. The van der Waals surface area contributed by atoms with Crippen molar-refractivity contribution < 1.29 is 22.8 Å². The number of anilines is 1. The number of nitrogens with one attached hydrogen (secondary N) is 1. The van der Waals surface area contributed by atoms with E-state index in [1.54, 1.807) is 0 Å². The van der Waals surface area contributed by atoms with Gasteiger partial charge in [-0.2, -0.15) is 13.2 Å². The van der Waals surface area contributed by atoms with Crippen molar-refractivity contribution in [1.82, 2.24) is 4.90 Å². The average Bonchev–Trinajstić information content (AvgIpc) is 2.45. The highest BCUT2D eigenvalue weighted by molar-refractivity contribution is 6.39. The Hall–Kier alpha value is -2.05. The second-order valence-corrected chi connectivity index (χ2v) is 4.82. The van der Waals surface area contributed by atoms with E-state index in [4.69, 9.17) is 0 Å². The second kappa shape index (κ2) is 7.82. The van der Waals surface area contributed by atoms with Crippen molar-refractivity contribution >= 4 is 17.5 Å². The van der Waals surface area contributed by atoms with E-state index in [1.165, 1.54) is 17.0 Å². The predicted octanol–water partition coefficient (Wildman–Crippen LogP) is 3.29.